The number of hydrogen-bond acceptors (Lipinski definition) is 15. The molecule has 2 heterocycles. The van der Waals surface area contributed by atoms with Gasteiger partial charge < -0.3 is 64.2 Å². The number of carbonyl (C=O) groups excluding carboxylic acids is 2. The zero-order valence-electron chi connectivity index (χ0n) is 39.6. The van der Waals surface area contributed by atoms with Gasteiger partial charge in [0.05, 0.1) is 19.8 Å². The van der Waals surface area contributed by atoms with Crippen molar-refractivity contribution in [2.24, 2.45) is 0 Å². The number of unbranched alkanes of at least 4 members (excludes halogenated alkanes) is 10. The van der Waals surface area contributed by atoms with Gasteiger partial charge in [-0.3, -0.25) is 9.59 Å². The Balaban J connectivity index is 1.84. The van der Waals surface area contributed by atoms with Gasteiger partial charge in [-0.1, -0.05) is 125 Å². The predicted octanol–water partition coefficient (Wildman–Crippen LogP) is 6.26. The second kappa shape index (κ2) is 37.9. The molecule has 2 rings (SSSR count). The van der Waals surface area contributed by atoms with Crippen molar-refractivity contribution >= 4 is 11.9 Å². The molecule has 2 aliphatic rings. The molecule has 15 heteroatoms. The summed E-state index contributed by atoms with van der Waals surface area (Å²) in [5.41, 5.74) is 0. The van der Waals surface area contributed by atoms with Gasteiger partial charge in [0.15, 0.2) is 18.7 Å². The lowest BCUT2D eigenvalue weighted by Gasteiger charge is -2.42. The van der Waals surface area contributed by atoms with Gasteiger partial charge in [-0.2, -0.15) is 0 Å². The van der Waals surface area contributed by atoms with Gasteiger partial charge in [-0.05, 0) is 77.0 Å². The number of allylic oxidation sites excluding steroid dienone is 12. The van der Waals surface area contributed by atoms with E-state index in [1.807, 2.05) is 0 Å². The van der Waals surface area contributed by atoms with E-state index >= 15 is 0 Å². The number of carbonyl (C=O) groups is 2. The molecule has 0 aromatic heterocycles. The van der Waals surface area contributed by atoms with E-state index in [0.717, 1.165) is 103 Å². The summed E-state index contributed by atoms with van der Waals surface area (Å²) in [5, 5.41) is 72.0. The van der Waals surface area contributed by atoms with Crippen LogP contribution in [0.1, 0.15) is 142 Å². The first-order valence-corrected chi connectivity index (χ1v) is 24.5. The van der Waals surface area contributed by atoms with Crippen LogP contribution in [0.5, 0.6) is 0 Å². The van der Waals surface area contributed by atoms with Crippen molar-refractivity contribution in [1.29, 1.82) is 0 Å². The van der Waals surface area contributed by atoms with Gasteiger partial charge >= 0.3 is 11.9 Å². The molecule has 2 aliphatic heterocycles. The van der Waals surface area contributed by atoms with Gasteiger partial charge in [-0.25, -0.2) is 0 Å². The molecule has 15 nitrogen and oxygen atoms in total. The number of ether oxygens (including phenoxy) is 6. The Kier molecular flexibility index (Phi) is 33.9. The first kappa shape index (κ1) is 59.1. The van der Waals surface area contributed by atoms with Gasteiger partial charge in [-0.15, -0.1) is 0 Å². The van der Waals surface area contributed by atoms with Crippen molar-refractivity contribution in [1.82, 2.24) is 0 Å². The zero-order valence-corrected chi connectivity index (χ0v) is 39.6. The monoisotopic (exact) mass is 937 g/mol. The molecule has 378 valence electrons. The first-order chi connectivity index (χ1) is 32.0. The SMILES string of the molecule is CC/C=C\C/C=C\C/C=C\CCCCCCCC(=O)OC[C@H](CO[C@@H]1O[C@H](CO[C@H]2O[C@H](CO)[C@H](O)[C@H](O)[C@H]2O)[C@@H](O)[C@H](O)[C@H]1O)OC(=O)CCCCCCC/C=C\C/C=C\C/C=C\CC. The van der Waals surface area contributed by atoms with Gasteiger partial charge in [0, 0.05) is 12.8 Å². The van der Waals surface area contributed by atoms with Crippen molar-refractivity contribution in [3.63, 3.8) is 0 Å². The van der Waals surface area contributed by atoms with Crippen LogP contribution in [-0.4, -0.2) is 142 Å². The molecule has 0 bridgehead atoms. The number of hydrogen-bond donors (Lipinski definition) is 7. The van der Waals surface area contributed by atoms with Crippen LogP contribution >= 0.6 is 0 Å². The van der Waals surface area contributed by atoms with E-state index in [1.165, 1.54) is 0 Å². The molecule has 0 spiro atoms. The molecule has 0 saturated carbocycles. The predicted molar refractivity (Wildman–Crippen MR) is 252 cm³/mol. The number of aliphatic hydroxyl groups is 7. The molecule has 0 radical (unpaired) electrons. The Morgan fingerprint density at radius 3 is 1.42 bits per heavy atom. The number of aliphatic hydroxyl groups excluding tert-OH is 7. The second-order valence-electron chi connectivity index (χ2n) is 16.9. The van der Waals surface area contributed by atoms with Crippen LogP contribution in [0.15, 0.2) is 72.9 Å². The quantitative estimate of drug-likeness (QED) is 0.0209. The normalized spacial score (nSPS) is 26.8. The molecule has 11 atom stereocenters. The van der Waals surface area contributed by atoms with Crippen LogP contribution in [0.3, 0.4) is 0 Å². The zero-order chi connectivity index (χ0) is 48.2. The standard InChI is InChI=1S/C51H84O15/c1-3-5-7-9-11-13-15-17-19-21-23-25-27-29-31-33-42(53)61-36-39(64-43(54)34-32-30-28-26-24-22-20-18-16-14-12-10-8-6-4-2)37-62-50-49(60)47(58)45(56)41(66-50)38-63-51-48(59)46(57)44(55)40(35-52)65-51/h5-8,11-14,17-20,39-41,44-52,55-60H,3-4,9-10,15-16,21-38H2,1-2H3/b7-5-,8-6-,13-11-,14-12-,19-17-,20-18-/t39-,40-,41-,44+,45-,46+,47+,48-,49-,50-,51+/m1/s1. The summed E-state index contributed by atoms with van der Waals surface area (Å²) in [4.78, 5) is 25.7. The summed E-state index contributed by atoms with van der Waals surface area (Å²) in [6.07, 6.45) is 26.5. The topological polar surface area (TPSA) is 231 Å². The molecular weight excluding hydrogens is 853 g/mol. The highest BCUT2D eigenvalue weighted by atomic mass is 16.7. The Labute approximate surface area is 393 Å². The van der Waals surface area contributed by atoms with Crippen LogP contribution in [0.4, 0.5) is 0 Å². The Morgan fingerprint density at radius 1 is 0.485 bits per heavy atom. The van der Waals surface area contributed by atoms with E-state index in [0.29, 0.717) is 12.8 Å². The third kappa shape index (κ3) is 25.9. The highest BCUT2D eigenvalue weighted by Crippen LogP contribution is 2.26. The molecule has 66 heavy (non-hydrogen) atoms. The molecule has 0 aromatic rings. The van der Waals surface area contributed by atoms with Crippen LogP contribution in [-0.2, 0) is 38.0 Å². The van der Waals surface area contributed by atoms with Crippen molar-refractivity contribution in [3.05, 3.63) is 72.9 Å². The van der Waals surface area contributed by atoms with E-state index in [1.54, 1.807) is 0 Å². The van der Waals surface area contributed by atoms with Gasteiger partial charge in [0.1, 0.15) is 55.4 Å². The summed E-state index contributed by atoms with van der Waals surface area (Å²) >= 11 is 0. The third-order valence-corrected chi connectivity index (χ3v) is 11.2. The summed E-state index contributed by atoms with van der Waals surface area (Å²) in [5.74, 6) is -0.973. The fourth-order valence-electron chi connectivity index (χ4n) is 7.18. The van der Waals surface area contributed by atoms with Crippen LogP contribution < -0.4 is 0 Å². The highest BCUT2D eigenvalue weighted by Gasteiger charge is 2.47. The van der Waals surface area contributed by atoms with Crippen LogP contribution in [0, 0.1) is 0 Å². The maximum atomic E-state index is 13.0. The lowest BCUT2D eigenvalue weighted by atomic mass is 9.98. The average molecular weight is 937 g/mol. The maximum absolute atomic E-state index is 13.0. The minimum Gasteiger partial charge on any atom is -0.462 e. The molecule has 2 fully saturated rings. The lowest BCUT2D eigenvalue weighted by Crippen LogP contribution is -2.61. The lowest BCUT2D eigenvalue weighted by molar-refractivity contribution is -0.332. The van der Waals surface area contributed by atoms with Gasteiger partial charge in [0.25, 0.3) is 0 Å². The maximum Gasteiger partial charge on any atom is 0.306 e. The first-order valence-electron chi connectivity index (χ1n) is 24.5. The molecule has 2 saturated heterocycles. The molecule has 0 aromatic carbocycles. The van der Waals surface area contributed by atoms with E-state index in [9.17, 15) is 45.3 Å². The minimum atomic E-state index is -1.77. The third-order valence-electron chi connectivity index (χ3n) is 11.2. The van der Waals surface area contributed by atoms with Crippen LogP contribution in [0.2, 0.25) is 0 Å². The fraction of sp³-hybridized carbons (Fsp3) is 0.725. The summed E-state index contributed by atoms with van der Waals surface area (Å²) in [6.45, 7) is 2.30. The van der Waals surface area contributed by atoms with E-state index in [-0.39, 0.29) is 19.4 Å². The Morgan fingerprint density at radius 2 is 0.909 bits per heavy atom. The van der Waals surface area contributed by atoms with Crippen LogP contribution in [0.25, 0.3) is 0 Å². The largest absolute Gasteiger partial charge is 0.462 e. The highest BCUT2D eigenvalue weighted by molar-refractivity contribution is 5.70. The van der Waals surface area contributed by atoms with Crippen molar-refractivity contribution in [2.75, 3.05) is 26.4 Å². The second-order valence-corrected chi connectivity index (χ2v) is 16.9. The summed E-state index contributed by atoms with van der Waals surface area (Å²) in [7, 11) is 0. The van der Waals surface area contributed by atoms with Gasteiger partial charge in [0.2, 0.25) is 0 Å². The summed E-state index contributed by atoms with van der Waals surface area (Å²) < 4.78 is 33.5. The van der Waals surface area contributed by atoms with Crippen molar-refractivity contribution < 1.29 is 73.8 Å². The fourth-order valence-corrected chi connectivity index (χ4v) is 7.18. The average Bonchev–Trinajstić information content (AvgIpc) is 3.31. The molecule has 0 unspecified atom stereocenters. The number of rotatable bonds is 36. The number of esters is 2. The summed E-state index contributed by atoms with van der Waals surface area (Å²) in [6, 6.07) is 0. The molecular formula is C51H84O15. The van der Waals surface area contributed by atoms with E-state index in [4.69, 9.17) is 28.4 Å². The van der Waals surface area contributed by atoms with Crippen molar-refractivity contribution in [3.8, 4) is 0 Å². The Hall–Kier alpha value is -3.06. The molecule has 0 amide bonds. The van der Waals surface area contributed by atoms with E-state index < -0.39 is 99.3 Å². The molecule has 7 N–H and O–H groups in total. The molecule has 0 aliphatic carbocycles. The minimum absolute atomic E-state index is 0.138. The smallest absolute Gasteiger partial charge is 0.306 e. The van der Waals surface area contributed by atoms with Crippen molar-refractivity contribution in [2.45, 2.75) is 210 Å². The van der Waals surface area contributed by atoms with E-state index in [2.05, 4.69) is 86.8 Å². The Bertz CT molecular complexity index is 1430.